The molecule has 1 fully saturated rings. The van der Waals surface area contributed by atoms with Gasteiger partial charge in [0.05, 0.1) is 18.1 Å². The van der Waals surface area contributed by atoms with Gasteiger partial charge in [0.2, 0.25) is 0 Å². The number of ether oxygens (including phenoxy) is 1. The quantitative estimate of drug-likeness (QED) is 0.740. The third-order valence-corrected chi connectivity index (χ3v) is 2.65. The number of rotatable bonds is 3. The molecule has 2 rings (SSSR count). The zero-order valence-electron chi connectivity index (χ0n) is 8.87. The lowest BCUT2D eigenvalue weighted by atomic mass is 10.1. The molecule has 1 unspecified atom stereocenters. The second-order valence-electron chi connectivity index (χ2n) is 3.86. The van der Waals surface area contributed by atoms with Crippen LogP contribution >= 0.6 is 0 Å². The molecule has 0 aromatic heterocycles. The summed E-state index contributed by atoms with van der Waals surface area (Å²) < 4.78 is 30.3. The van der Waals surface area contributed by atoms with Crippen LogP contribution in [0.2, 0.25) is 0 Å². The molecule has 4 heteroatoms. The molecular formula is C12H12F2O2. The van der Waals surface area contributed by atoms with E-state index in [0.29, 0.717) is 17.7 Å². The SMILES string of the molecule is CCOC(=O)c1ccc(C2CC2(F)F)cc1. The average Bonchev–Trinajstić information content (AvgIpc) is 2.88. The Hall–Kier alpha value is -1.45. The summed E-state index contributed by atoms with van der Waals surface area (Å²) in [7, 11) is 0. The van der Waals surface area contributed by atoms with Crippen LogP contribution in [0, 0.1) is 0 Å². The minimum absolute atomic E-state index is 0.0915. The molecule has 1 saturated carbocycles. The summed E-state index contributed by atoms with van der Waals surface area (Å²) in [5.41, 5.74) is 0.979. The molecule has 16 heavy (non-hydrogen) atoms. The van der Waals surface area contributed by atoms with Gasteiger partial charge in [-0.15, -0.1) is 0 Å². The van der Waals surface area contributed by atoms with Crippen LogP contribution < -0.4 is 0 Å². The van der Waals surface area contributed by atoms with Crippen LogP contribution in [0.1, 0.15) is 35.2 Å². The largest absolute Gasteiger partial charge is 0.462 e. The number of carbonyl (C=O) groups excluding carboxylic acids is 1. The number of halogens is 2. The van der Waals surface area contributed by atoms with Crippen LogP contribution in [0.3, 0.4) is 0 Å². The predicted molar refractivity (Wildman–Crippen MR) is 54.7 cm³/mol. The summed E-state index contributed by atoms with van der Waals surface area (Å²) in [6.45, 7) is 2.03. The van der Waals surface area contributed by atoms with Gasteiger partial charge in [-0.1, -0.05) is 12.1 Å². The maximum Gasteiger partial charge on any atom is 0.338 e. The molecule has 0 aliphatic heterocycles. The van der Waals surface area contributed by atoms with Crippen molar-refractivity contribution in [2.75, 3.05) is 6.61 Å². The van der Waals surface area contributed by atoms with Crippen molar-refractivity contribution in [3.63, 3.8) is 0 Å². The van der Waals surface area contributed by atoms with E-state index >= 15 is 0 Å². The monoisotopic (exact) mass is 226 g/mol. The van der Waals surface area contributed by atoms with E-state index in [-0.39, 0.29) is 6.42 Å². The Labute approximate surface area is 92.2 Å². The van der Waals surface area contributed by atoms with Crippen LogP contribution in [0.25, 0.3) is 0 Å². The lowest BCUT2D eigenvalue weighted by Gasteiger charge is -2.03. The van der Waals surface area contributed by atoms with Crippen molar-refractivity contribution in [2.45, 2.75) is 25.2 Å². The predicted octanol–water partition coefficient (Wildman–Crippen LogP) is 2.99. The fourth-order valence-electron chi connectivity index (χ4n) is 1.64. The van der Waals surface area contributed by atoms with Gasteiger partial charge in [-0.05, 0) is 24.6 Å². The van der Waals surface area contributed by atoms with E-state index < -0.39 is 17.8 Å². The van der Waals surface area contributed by atoms with E-state index in [2.05, 4.69) is 0 Å². The first-order chi connectivity index (χ1) is 7.54. The Balaban J connectivity index is 2.08. The van der Waals surface area contributed by atoms with Crippen LogP contribution in [0.4, 0.5) is 8.78 Å². The lowest BCUT2D eigenvalue weighted by molar-refractivity contribution is 0.0526. The summed E-state index contributed by atoms with van der Waals surface area (Å²) in [4.78, 5) is 11.3. The van der Waals surface area contributed by atoms with E-state index in [0.717, 1.165) is 0 Å². The summed E-state index contributed by atoms with van der Waals surface area (Å²) in [6, 6.07) is 6.19. The van der Waals surface area contributed by atoms with Gasteiger partial charge in [0, 0.05) is 6.42 Å². The molecule has 0 saturated heterocycles. The topological polar surface area (TPSA) is 26.3 Å². The summed E-state index contributed by atoms with van der Waals surface area (Å²) in [5.74, 6) is -3.66. The van der Waals surface area contributed by atoms with Gasteiger partial charge in [-0.3, -0.25) is 0 Å². The fourth-order valence-corrected chi connectivity index (χ4v) is 1.64. The van der Waals surface area contributed by atoms with Crippen molar-refractivity contribution in [2.24, 2.45) is 0 Å². The van der Waals surface area contributed by atoms with Gasteiger partial charge in [-0.2, -0.15) is 0 Å². The molecule has 2 nitrogen and oxygen atoms in total. The first kappa shape index (κ1) is 11.0. The summed E-state index contributed by atoms with van der Waals surface area (Å²) >= 11 is 0. The highest BCUT2D eigenvalue weighted by molar-refractivity contribution is 5.89. The van der Waals surface area contributed by atoms with Crippen molar-refractivity contribution >= 4 is 5.97 Å². The second-order valence-corrected chi connectivity index (χ2v) is 3.86. The Morgan fingerprint density at radius 1 is 1.44 bits per heavy atom. The maximum absolute atomic E-state index is 12.8. The molecule has 1 aromatic rings. The number of carbonyl (C=O) groups is 1. The molecule has 86 valence electrons. The van der Waals surface area contributed by atoms with Gasteiger partial charge >= 0.3 is 5.97 Å². The van der Waals surface area contributed by atoms with Crippen LogP contribution in [-0.4, -0.2) is 18.5 Å². The molecule has 1 aromatic carbocycles. The highest BCUT2D eigenvalue weighted by Gasteiger charge is 2.57. The number of benzene rings is 1. The zero-order chi connectivity index (χ0) is 11.8. The van der Waals surface area contributed by atoms with Crippen molar-refractivity contribution in [1.29, 1.82) is 0 Å². The molecule has 0 amide bonds. The van der Waals surface area contributed by atoms with Gasteiger partial charge in [-0.25, -0.2) is 13.6 Å². The van der Waals surface area contributed by atoms with E-state index in [1.54, 1.807) is 19.1 Å². The highest BCUT2D eigenvalue weighted by atomic mass is 19.3. The van der Waals surface area contributed by atoms with Crippen molar-refractivity contribution < 1.29 is 18.3 Å². The highest BCUT2D eigenvalue weighted by Crippen LogP contribution is 2.55. The van der Waals surface area contributed by atoms with Crippen molar-refractivity contribution in [3.8, 4) is 0 Å². The summed E-state index contributed by atoms with van der Waals surface area (Å²) in [6.07, 6.45) is -0.0915. The number of esters is 1. The first-order valence-corrected chi connectivity index (χ1v) is 5.19. The van der Waals surface area contributed by atoms with Crippen molar-refractivity contribution in [3.05, 3.63) is 35.4 Å². The molecule has 0 spiro atoms. The molecule has 0 N–H and O–H groups in total. The van der Waals surface area contributed by atoms with E-state index in [1.165, 1.54) is 12.1 Å². The van der Waals surface area contributed by atoms with Gasteiger partial charge in [0.25, 0.3) is 5.92 Å². The van der Waals surface area contributed by atoms with Crippen LogP contribution in [0.5, 0.6) is 0 Å². The van der Waals surface area contributed by atoms with Crippen LogP contribution in [0.15, 0.2) is 24.3 Å². The van der Waals surface area contributed by atoms with Crippen molar-refractivity contribution in [1.82, 2.24) is 0 Å². The maximum atomic E-state index is 12.8. The first-order valence-electron chi connectivity index (χ1n) is 5.19. The number of hydrogen-bond donors (Lipinski definition) is 0. The molecule has 0 heterocycles. The lowest BCUT2D eigenvalue weighted by Crippen LogP contribution is -2.04. The average molecular weight is 226 g/mol. The molecule has 1 atom stereocenters. The third kappa shape index (κ3) is 2.05. The van der Waals surface area contributed by atoms with Gasteiger partial charge in [0.15, 0.2) is 0 Å². The molecule has 1 aliphatic carbocycles. The fraction of sp³-hybridized carbons (Fsp3) is 0.417. The minimum Gasteiger partial charge on any atom is -0.462 e. The Kier molecular flexibility index (Phi) is 2.66. The Bertz CT molecular complexity index is 398. The Morgan fingerprint density at radius 3 is 2.44 bits per heavy atom. The summed E-state index contributed by atoms with van der Waals surface area (Å²) in [5, 5.41) is 0. The van der Waals surface area contributed by atoms with Gasteiger partial charge in [0.1, 0.15) is 0 Å². The normalized spacial score (nSPS) is 21.6. The third-order valence-electron chi connectivity index (χ3n) is 2.65. The van der Waals surface area contributed by atoms with Crippen LogP contribution in [-0.2, 0) is 4.74 Å². The van der Waals surface area contributed by atoms with E-state index in [4.69, 9.17) is 4.74 Å². The zero-order valence-corrected chi connectivity index (χ0v) is 8.87. The molecule has 1 aliphatic rings. The standard InChI is InChI=1S/C12H12F2O2/c1-2-16-11(15)9-5-3-8(4-6-9)10-7-12(10,13)14/h3-6,10H,2,7H2,1H3. The smallest absolute Gasteiger partial charge is 0.338 e. The minimum atomic E-state index is -2.56. The Morgan fingerprint density at radius 2 is 2.00 bits per heavy atom. The molecule has 0 radical (unpaired) electrons. The molecule has 0 bridgehead atoms. The number of hydrogen-bond acceptors (Lipinski definition) is 2. The van der Waals surface area contributed by atoms with E-state index in [1.807, 2.05) is 0 Å². The van der Waals surface area contributed by atoms with Gasteiger partial charge < -0.3 is 4.74 Å². The second kappa shape index (κ2) is 3.85. The number of alkyl halides is 2. The van der Waals surface area contributed by atoms with E-state index in [9.17, 15) is 13.6 Å². The molecular weight excluding hydrogens is 214 g/mol.